The van der Waals surface area contributed by atoms with Gasteiger partial charge in [-0.05, 0) is 53.4 Å². The zero-order valence-corrected chi connectivity index (χ0v) is 23.0. The summed E-state index contributed by atoms with van der Waals surface area (Å²) < 4.78 is 20.0. The Hall–Kier alpha value is -1.52. The lowest BCUT2D eigenvalue weighted by molar-refractivity contribution is -0.144. The van der Waals surface area contributed by atoms with Gasteiger partial charge >= 0.3 is 23.9 Å². The van der Waals surface area contributed by atoms with Crippen LogP contribution in [-0.2, 0) is 38.1 Å². The second kappa shape index (κ2) is 22.7. The fourth-order valence-electron chi connectivity index (χ4n) is 2.90. The van der Waals surface area contributed by atoms with Crippen LogP contribution in [0.15, 0.2) is 11.1 Å². The van der Waals surface area contributed by atoms with Gasteiger partial charge in [-0.3, -0.25) is 19.2 Å². The van der Waals surface area contributed by atoms with Gasteiger partial charge in [0.2, 0.25) is 0 Å². The van der Waals surface area contributed by atoms with Crippen molar-refractivity contribution in [3.63, 3.8) is 0 Å². The van der Waals surface area contributed by atoms with Gasteiger partial charge in [-0.2, -0.15) is 19.8 Å². The van der Waals surface area contributed by atoms with Crippen molar-refractivity contribution in [2.75, 3.05) is 26.4 Å². The Balaban J connectivity index is -0.00000420. The van der Waals surface area contributed by atoms with Gasteiger partial charge in [-0.15, -0.1) is 0 Å². The Morgan fingerprint density at radius 1 is 0.406 bits per heavy atom. The smallest absolute Gasteiger partial charge is 0.306 e. The van der Waals surface area contributed by atoms with Gasteiger partial charge in [0.15, 0.2) is 0 Å². The van der Waals surface area contributed by atoms with Gasteiger partial charge in [0, 0.05) is 25.7 Å². The highest BCUT2D eigenvalue weighted by molar-refractivity contribution is 6.92. The van der Waals surface area contributed by atoms with Crippen molar-refractivity contribution < 1.29 is 38.1 Å². The normalized spacial score (nSPS) is 9.50. The van der Waals surface area contributed by atoms with Crippen LogP contribution in [0.2, 0.25) is 0 Å². The summed E-state index contributed by atoms with van der Waals surface area (Å²) in [7, 11) is 0. The van der Waals surface area contributed by atoms with Crippen molar-refractivity contribution in [3.8, 4) is 0 Å². The molecule has 0 saturated carbocycles. The highest BCUT2D eigenvalue weighted by Crippen LogP contribution is 2.26. The minimum absolute atomic E-state index is 0. The number of rotatable bonds is 16. The predicted molar refractivity (Wildman–Crippen MR) is 133 cm³/mol. The predicted octanol–water partition coefficient (Wildman–Crippen LogP) is 3.77. The fraction of sp³-hybridized carbons (Fsp3) is 0.727. The molecule has 0 spiro atoms. The minimum atomic E-state index is -0.332. The Bertz CT molecular complexity index is 492. The molecule has 0 aromatic carbocycles. The first-order chi connectivity index (χ1) is 14.4. The molecular formula is C22H42O8P2. The molecule has 0 aliphatic carbocycles. The van der Waals surface area contributed by atoms with Crippen LogP contribution in [0.1, 0.15) is 79.1 Å². The standard InChI is InChI=1S/C22H36O8.2H3P/c1-5-27-19(23)13-9-17(10-14-20(24)28-6-2)18(11-15-21(25)29-7-3)12-16-22(26)30-8-4;;/h5-16H2,1-4H3;2*1H3. The molecule has 0 aromatic heterocycles. The van der Waals surface area contributed by atoms with E-state index >= 15 is 0 Å². The molecular weight excluding hydrogens is 454 g/mol. The molecule has 0 aliphatic rings. The van der Waals surface area contributed by atoms with Gasteiger partial charge < -0.3 is 18.9 Å². The van der Waals surface area contributed by atoms with Gasteiger partial charge in [-0.1, -0.05) is 11.1 Å². The fourth-order valence-corrected chi connectivity index (χ4v) is 2.90. The largest absolute Gasteiger partial charge is 0.466 e. The lowest BCUT2D eigenvalue weighted by atomic mass is 9.92. The highest BCUT2D eigenvalue weighted by atomic mass is 31.0. The summed E-state index contributed by atoms with van der Waals surface area (Å²) in [5, 5.41) is 0. The SMILES string of the molecule is CCOC(=O)CCC(CCC(=O)OCC)=C(CCC(=O)OCC)CCC(=O)OCC.P.P. The van der Waals surface area contributed by atoms with Crippen molar-refractivity contribution in [2.45, 2.75) is 79.1 Å². The average molecular weight is 497 g/mol. The Morgan fingerprint density at radius 2 is 0.594 bits per heavy atom. The maximum absolute atomic E-state index is 11.8. The first-order valence-corrected chi connectivity index (χ1v) is 10.7. The quantitative estimate of drug-likeness (QED) is 0.138. The van der Waals surface area contributed by atoms with Crippen LogP contribution in [-0.4, -0.2) is 50.3 Å². The summed E-state index contributed by atoms with van der Waals surface area (Å²) >= 11 is 0. The van der Waals surface area contributed by atoms with E-state index in [0.29, 0.717) is 52.1 Å². The Labute approximate surface area is 198 Å². The van der Waals surface area contributed by atoms with Crippen molar-refractivity contribution in [2.24, 2.45) is 0 Å². The van der Waals surface area contributed by atoms with Crippen LogP contribution in [0.5, 0.6) is 0 Å². The van der Waals surface area contributed by atoms with Crippen molar-refractivity contribution in [1.82, 2.24) is 0 Å². The van der Waals surface area contributed by atoms with Crippen molar-refractivity contribution >= 4 is 43.7 Å². The summed E-state index contributed by atoms with van der Waals surface area (Å²) in [5.41, 5.74) is 1.73. The third kappa shape index (κ3) is 18.1. The zero-order valence-electron chi connectivity index (χ0n) is 20.2. The summed E-state index contributed by atoms with van der Waals surface area (Å²) in [6.45, 7) is 8.11. The molecule has 0 rings (SSSR count). The number of allylic oxidation sites excluding steroid dienone is 2. The molecule has 0 heterocycles. The van der Waals surface area contributed by atoms with E-state index in [1.165, 1.54) is 0 Å². The van der Waals surface area contributed by atoms with E-state index in [0.717, 1.165) is 11.1 Å². The molecule has 32 heavy (non-hydrogen) atoms. The molecule has 0 aliphatic heterocycles. The van der Waals surface area contributed by atoms with E-state index < -0.39 is 0 Å². The van der Waals surface area contributed by atoms with E-state index in [-0.39, 0.29) is 69.4 Å². The lowest BCUT2D eigenvalue weighted by Crippen LogP contribution is -2.10. The molecule has 2 unspecified atom stereocenters. The number of carbonyl (C=O) groups is 4. The molecule has 0 radical (unpaired) electrons. The van der Waals surface area contributed by atoms with E-state index in [2.05, 4.69) is 0 Å². The van der Waals surface area contributed by atoms with Crippen molar-refractivity contribution in [3.05, 3.63) is 11.1 Å². The van der Waals surface area contributed by atoms with Crippen LogP contribution in [0.4, 0.5) is 0 Å². The van der Waals surface area contributed by atoms with Gasteiger partial charge in [0.25, 0.3) is 0 Å². The van der Waals surface area contributed by atoms with Crippen LogP contribution in [0.25, 0.3) is 0 Å². The number of carbonyl (C=O) groups excluding carboxylic acids is 4. The third-order valence-electron chi connectivity index (χ3n) is 4.24. The maximum Gasteiger partial charge on any atom is 0.306 e. The molecule has 0 N–H and O–H groups in total. The lowest BCUT2D eigenvalue weighted by Gasteiger charge is -2.16. The molecule has 8 nitrogen and oxygen atoms in total. The maximum atomic E-state index is 11.8. The van der Waals surface area contributed by atoms with Gasteiger partial charge in [-0.25, -0.2) is 0 Å². The van der Waals surface area contributed by atoms with Gasteiger partial charge in [0.05, 0.1) is 26.4 Å². The topological polar surface area (TPSA) is 105 Å². The molecule has 0 saturated heterocycles. The molecule has 2 atom stereocenters. The number of hydrogen-bond acceptors (Lipinski definition) is 8. The van der Waals surface area contributed by atoms with Crippen LogP contribution < -0.4 is 0 Å². The van der Waals surface area contributed by atoms with Crippen LogP contribution >= 0.6 is 19.8 Å². The monoisotopic (exact) mass is 496 g/mol. The van der Waals surface area contributed by atoms with E-state index in [4.69, 9.17) is 18.9 Å². The molecule has 0 bridgehead atoms. The third-order valence-corrected chi connectivity index (χ3v) is 4.24. The summed E-state index contributed by atoms with van der Waals surface area (Å²) in [6, 6.07) is 0. The summed E-state index contributed by atoms with van der Waals surface area (Å²) in [4.78, 5) is 47.3. The first kappa shape index (κ1) is 35.1. The van der Waals surface area contributed by atoms with Crippen LogP contribution in [0.3, 0.4) is 0 Å². The number of esters is 4. The van der Waals surface area contributed by atoms with E-state index in [1.54, 1.807) is 27.7 Å². The molecule has 0 aromatic rings. The molecule has 0 amide bonds. The number of ether oxygens (including phenoxy) is 4. The first-order valence-electron chi connectivity index (χ1n) is 10.7. The van der Waals surface area contributed by atoms with Gasteiger partial charge in [0.1, 0.15) is 0 Å². The molecule has 188 valence electrons. The highest BCUT2D eigenvalue weighted by Gasteiger charge is 2.16. The molecule has 10 heteroatoms. The zero-order chi connectivity index (χ0) is 22.8. The van der Waals surface area contributed by atoms with Crippen molar-refractivity contribution in [1.29, 1.82) is 0 Å². The van der Waals surface area contributed by atoms with Crippen LogP contribution in [0, 0.1) is 0 Å². The Morgan fingerprint density at radius 3 is 0.750 bits per heavy atom. The minimum Gasteiger partial charge on any atom is -0.466 e. The average Bonchev–Trinajstić information content (AvgIpc) is 2.69. The molecule has 0 fully saturated rings. The second-order valence-electron chi connectivity index (χ2n) is 6.43. The summed E-state index contributed by atoms with van der Waals surface area (Å²) in [5.74, 6) is -1.33. The Kier molecular flexibility index (Phi) is 24.8. The summed E-state index contributed by atoms with van der Waals surface area (Å²) in [6.07, 6.45) is 2.20. The second-order valence-corrected chi connectivity index (χ2v) is 6.43. The number of hydrogen-bond donors (Lipinski definition) is 0. The van der Waals surface area contributed by atoms with E-state index in [1.807, 2.05) is 0 Å². The van der Waals surface area contributed by atoms with E-state index in [9.17, 15) is 19.2 Å².